The van der Waals surface area contributed by atoms with Crippen molar-refractivity contribution in [3.63, 3.8) is 0 Å². The Morgan fingerprint density at radius 3 is 2.83 bits per heavy atom. The molecule has 0 spiro atoms. The van der Waals surface area contributed by atoms with Gasteiger partial charge in [0.2, 0.25) is 0 Å². The first-order chi connectivity index (χ1) is 11.4. The zero-order chi connectivity index (χ0) is 17.4. The minimum absolute atomic E-state index is 0.00223. The Balaban J connectivity index is 1.97. The van der Waals surface area contributed by atoms with Crippen LogP contribution in [0.4, 0.5) is 11.4 Å². The summed E-state index contributed by atoms with van der Waals surface area (Å²) in [6.45, 7) is 2.63. The van der Waals surface area contributed by atoms with Gasteiger partial charge in [-0.15, -0.1) is 0 Å². The lowest BCUT2D eigenvalue weighted by molar-refractivity contribution is -0.384. The van der Waals surface area contributed by atoms with Gasteiger partial charge in [0.15, 0.2) is 0 Å². The largest absolute Gasteiger partial charge is 0.465 e. The predicted molar refractivity (Wildman–Crippen MR) is 87.8 cm³/mol. The molecule has 3 rings (SSSR count). The van der Waals surface area contributed by atoms with Crippen molar-refractivity contribution in [3.05, 3.63) is 32.8 Å². The fourth-order valence-electron chi connectivity index (χ4n) is 3.27. The van der Waals surface area contributed by atoms with Crippen LogP contribution in [-0.4, -0.2) is 68.3 Å². The van der Waals surface area contributed by atoms with Gasteiger partial charge in [-0.3, -0.25) is 15.0 Å². The molecule has 0 aromatic heterocycles. The summed E-state index contributed by atoms with van der Waals surface area (Å²) in [5, 5.41) is 11.6. The molecule has 2 aliphatic heterocycles. The van der Waals surface area contributed by atoms with Gasteiger partial charge in [0, 0.05) is 25.7 Å². The fraction of sp³-hybridized carbons (Fsp3) is 0.533. The summed E-state index contributed by atoms with van der Waals surface area (Å²) in [6.07, 6.45) is 0.00223. The number of likely N-dealkylation sites (N-methyl/N-ethyl adjacent to an activating group) is 1. The van der Waals surface area contributed by atoms with E-state index >= 15 is 0 Å². The first-order valence-electron chi connectivity index (χ1n) is 7.55. The van der Waals surface area contributed by atoms with Gasteiger partial charge in [-0.2, -0.15) is 0 Å². The highest BCUT2D eigenvalue weighted by Gasteiger charge is 2.40. The maximum atomic E-state index is 11.7. The molecule has 130 valence electrons. The minimum atomic E-state index is -0.701. The van der Waals surface area contributed by atoms with Crippen molar-refractivity contribution in [2.45, 2.75) is 12.1 Å². The normalized spacial score (nSPS) is 23.9. The van der Waals surface area contributed by atoms with E-state index in [0.29, 0.717) is 25.4 Å². The average molecular weight is 356 g/mol. The number of hydrogen-bond acceptors (Lipinski definition) is 7. The summed E-state index contributed by atoms with van der Waals surface area (Å²) in [4.78, 5) is 26.8. The van der Waals surface area contributed by atoms with Gasteiger partial charge in [0.05, 0.1) is 41.4 Å². The summed E-state index contributed by atoms with van der Waals surface area (Å²) < 4.78 is 10.4. The summed E-state index contributed by atoms with van der Waals surface area (Å²) in [7, 11) is 3.22. The van der Waals surface area contributed by atoms with Crippen LogP contribution in [0.2, 0.25) is 5.02 Å². The molecule has 2 heterocycles. The second-order valence-corrected chi connectivity index (χ2v) is 6.34. The number of halogens is 1. The topological polar surface area (TPSA) is 85.1 Å². The molecule has 9 heteroatoms. The summed E-state index contributed by atoms with van der Waals surface area (Å²) in [5.41, 5.74) is 0.213. The molecule has 2 atom stereocenters. The van der Waals surface area contributed by atoms with E-state index in [1.54, 1.807) is 0 Å². The third-order valence-electron chi connectivity index (χ3n) is 4.59. The Morgan fingerprint density at radius 1 is 1.46 bits per heavy atom. The van der Waals surface area contributed by atoms with Crippen LogP contribution in [0.1, 0.15) is 10.4 Å². The smallest absolute Gasteiger partial charge is 0.339 e. The maximum Gasteiger partial charge on any atom is 0.339 e. The number of esters is 1. The van der Waals surface area contributed by atoms with Gasteiger partial charge < -0.3 is 14.4 Å². The molecule has 24 heavy (non-hydrogen) atoms. The summed E-state index contributed by atoms with van der Waals surface area (Å²) in [6, 6.07) is 2.82. The molecule has 2 saturated heterocycles. The van der Waals surface area contributed by atoms with Gasteiger partial charge >= 0.3 is 5.97 Å². The summed E-state index contributed by atoms with van der Waals surface area (Å²) >= 11 is 6.15. The lowest BCUT2D eigenvalue weighted by Crippen LogP contribution is -2.48. The van der Waals surface area contributed by atoms with Crippen molar-refractivity contribution in [1.82, 2.24) is 4.90 Å². The molecule has 0 saturated carbocycles. The van der Waals surface area contributed by atoms with E-state index in [1.807, 2.05) is 11.9 Å². The average Bonchev–Trinajstić information content (AvgIpc) is 2.99. The van der Waals surface area contributed by atoms with Crippen LogP contribution < -0.4 is 4.90 Å². The van der Waals surface area contributed by atoms with Gasteiger partial charge in [0.1, 0.15) is 5.69 Å². The molecule has 2 fully saturated rings. The first-order valence-corrected chi connectivity index (χ1v) is 7.93. The molecule has 0 N–H and O–H groups in total. The number of fused-ring (bicyclic) bond motifs is 1. The number of morpholine rings is 1. The molecular formula is C15H18ClN3O5. The second kappa shape index (κ2) is 6.54. The fourth-order valence-corrected chi connectivity index (χ4v) is 3.51. The SMILES string of the molecule is COC(=O)c1cc([N+](=O)[O-])c(N2CC3OCCN(C)C3C2)cc1Cl. The van der Waals surface area contributed by atoms with Crippen LogP contribution >= 0.6 is 11.6 Å². The van der Waals surface area contributed by atoms with E-state index < -0.39 is 10.9 Å². The minimum Gasteiger partial charge on any atom is -0.465 e. The van der Waals surface area contributed by atoms with Crippen LogP contribution in [0.25, 0.3) is 0 Å². The standard InChI is InChI=1S/C15H18ClN3O5/c1-17-3-4-24-14-8-18(7-13(14)17)11-6-10(16)9(15(20)23-2)5-12(11)19(21)22/h5-6,13-14H,3-4,7-8H2,1-2H3. The third-order valence-corrected chi connectivity index (χ3v) is 4.90. The van der Waals surface area contributed by atoms with Crippen molar-refractivity contribution in [2.75, 3.05) is 45.3 Å². The predicted octanol–water partition coefficient (Wildman–Crippen LogP) is 1.55. The zero-order valence-electron chi connectivity index (χ0n) is 13.4. The Kier molecular flexibility index (Phi) is 4.62. The number of nitro groups is 1. The van der Waals surface area contributed by atoms with E-state index in [1.165, 1.54) is 19.2 Å². The van der Waals surface area contributed by atoms with E-state index in [0.717, 1.165) is 6.54 Å². The Morgan fingerprint density at radius 2 is 2.21 bits per heavy atom. The van der Waals surface area contributed by atoms with Gasteiger partial charge in [-0.25, -0.2) is 4.79 Å². The number of methoxy groups -OCH3 is 1. The molecule has 0 amide bonds. The van der Waals surface area contributed by atoms with Gasteiger partial charge in [-0.1, -0.05) is 11.6 Å². The second-order valence-electron chi connectivity index (χ2n) is 5.93. The zero-order valence-corrected chi connectivity index (χ0v) is 14.2. The van der Waals surface area contributed by atoms with E-state index in [9.17, 15) is 14.9 Å². The van der Waals surface area contributed by atoms with Gasteiger partial charge in [0.25, 0.3) is 5.69 Å². The molecule has 1 aromatic rings. The van der Waals surface area contributed by atoms with Crippen molar-refractivity contribution in [3.8, 4) is 0 Å². The van der Waals surface area contributed by atoms with Crippen LogP contribution in [0.3, 0.4) is 0 Å². The van der Waals surface area contributed by atoms with Crippen LogP contribution in [0.15, 0.2) is 12.1 Å². The molecule has 8 nitrogen and oxygen atoms in total. The number of ether oxygens (including phenoxy) is 2. The lowest BCUT2D eigenvalue weighted by Gasteiger charge is -2.33. The number of carbonyl (C=O) groups is 1. The molecule has 2 aliphatic rings. The molecule has 2 unspecified atom stereocenters. The number of benzene rings is 1. The highest BCUT2D eigenvalue weighted by Crippen LogP contribution is 2.37. The molecular weight excluding hydrogens is 338 g/mol. The molecule has 1 aromatic carbocycles. The highest BCUT2D eigenvalue weighted by molar-refractivity contribution is 6.34. The monoisotopic (exact) mass is 355 g/mol. The molecule has 0 radical (unpaired) electrons. The number of carbonyl (C=O) groups excluding carboxylic acids is 1. The van der Waals surface area contributed by atoms with Crippen LogP contribution in [-0.2, 0) is 9.47 Å². The molecule has 0 bridgehead atoms. The van der Waals surface area contributed by atoms with E-state index in [4.69, 9.17) is 16.3 Å². The third kappa shape index (κ3) is 2.92. The van der Waals surface area contributed by atoms with E-state index in [2.05, 4.69) is 9.64 Å². The van der Waals surface area contributed by atoms with Crippen LogP contribution in [0.5, 0.6) is 0 Å². The first kappa shape index (κ1) is 16.9. The Labute approximate surface area is 144 Å². The van der Waals surface area contributed by atoms with Crippen molar-refractivity contribution in [2.24, 2.45) is 0 Å². The number of nitrogens with zero attached hydrogens (tertiary/aromatic N) is 3. The highest BCUT2D eigenvalue weighted by atomic mass is 35.5. The molecule has 0 aliphatic carbocycles. The van der Waals surface area contributed by atoms with Crippen LogP contribution in [0, 0.1) is 10.1 Å². The van der Waals surface area contributed by atoms with Crippen molar-refractivity contribution < 1.29 is 19.2 Å². The Hall–Kier alpha value is -1.90. The van der Waals surface area contributed by atoms with Crippen molar-refractivity contribution >= 4 is 28.9 Å². The quantitative estimate of drug-likeness (QED) is 0.462. The van der Waals surface area contributed by atoms with Crippen molar-refractivity contribution in [1.29, 1.82) is 0 Å². The summed E-state index contributed by atoms with van der Waals surface area (Å²) in [5.74, 6) is -0.701. The van der Waals surface area contributed by atoms with Gasteiger partial charge in [-0.05, 0) is 13.1 Å². The number of nitro benzene ring substituents is 1. The number of rotatable bonds is 3. The lowest BCUT2D eigenvalue weighted by atomic mass is 10.1. The van der Waals surface area contributed by atoms with E-state index in [-0.39, 0.29) is 28.4 Å². The maximum absolute atomic E-state index is 11.7. The Bertz CT molecular complexity index is 683. The number of anilines is 1. The number of hydrogen-bond donors (Lipinski definition) is 0.